The molecule has 0 aliphatic carbocycles. The predicted molar refractivity (Wildman–Crippen MR) is 75.7 cm³/mol. The van der Waals surface area contributed by atoms with Gasteiger partial charge in [-0.3, -0.25) is 4.79 Å². The summed E-state index contributed by atoms with van der Waals surface area (Å²) in [6.45, 7) is 8.23. The van der Waals surface area contributed by atoms with Crippen LogP contribution in [0.4, 0.5) is 0 Å². The van der Waals surface area contributed by atoms with E-state index in [2.05, 4.69) is 0 Å². The summed E-state index contributed by atoms with van der Waals surface area (Å²) in [4.78, 5) is 12.5. The van der Waals surface area contributed by atoms with Crippen molar-refractivity contribution in [1.29, 1.82) is 0 Å². The summed E-state index contributed by atoms with van der Waals surface area (Å²) >= 11 is 12.0. The SMILES string of the molecule is CCOC(C(=O)c1cccc(Cl)c1Cl)C(C)(C)C. The highest BCUT2D eigenvalue weighted by atomic mass is 35.5. The topological polar surface area (TPSA) is 26.3 Å². The minimum atomic E-state index is -0.529. The van der Waals surface area contributed by atoms with Crippen molar-refractivity contribution in [3.8, 4) is 0 Å². The molecule has 0 amide bonds. The third kappa shape index (κ3) is 3.47. The Morgan fingerprint density at radius 2 is 1.94 bits per heavy atom. The molecule has 0 aromatic heterocycles. The van der Waals surface area contributed by atoms with Gasteiger partial charge in [-0.15, -0.1) is 0 Å². The minimum absolute atomic E-state index is 0.128. The van der Waals surface area contributed by atoms with Crippen molar-refractivity contribution in [3.05, 3.63) is 33.8 Å². The Kier molecular flexibility index (Phi) is 5.20. The third-order valence-electron chi connectivity index (χ3n) is 2.58. The summed E-state index contributed by atoms with van der Waals surface area (Å²) in [5.74, 6) is -0.128. The zero-order valence-electron chi connectivity index (χ0n) is 11.1. The molecule has 0 saturated carbocycles. The van der Waals surface area contributed by atoms with E-state index >= 15 is 0 Å². The van der Waals surface area contributed by atoms with Gasteiger partial charge in [0.05, 0.1) is 10.0 Å². The number of carbonyl (C=O) groups excluding carboxylic acids is 1. The normalized spacial score (nSPS) is 13.4. The Labute approximate surface area is 118 Å². The first-order chi connectivity index (χ1) is 8.29. The van der Waals surface area contributed by atoms with Gasteiger partial charge in [-0.1, -0.05) is 50.0 Å². The van der Waals surface area contributed by atoms with Crippen LogP contribution in [-0.4, -0.2) is 18.5 Å². The van der Waals surface area contributed by atoms with E-state index in [4.69, 9.17) is 27.9 Å². The van der Waals surface area contributed by atoms with Gasteiger partial charge in [-0.25, -0.2) is 0 Å². The highest BCUT2D eigenvalue weighted by Crippen LogP contribution is 2.31. The monoisotopic (exact) mass is 288 g/mol. The fraction of sp³-hybridized carbons (Fsp3) is 0.500. The van der Waals surface area contributed by atoms with Gasteiger partial charge in [0, 0.05) is 12.2 Å². The van der Waals surface area contributed by atoms with E-state index < -0.39 is 6.10 Å². The quantitative estimate of drug-likeness (QED) is 0.755. The number of carbonyl (C=O) groups is 1. The molecular formula is C14H18Cl2O2. The van der Waals surface area contributed by atoms with Gasteiger partial charge in [-0.2, -0.15) is 0 Å². The van der Waals surface area contributed by atoms with Crippen molar-refractivity contribution >= 4 is 29.0 Å². The molecule has 0 aliphatic heterocycles. The smallest absolute Gasteiger partial charge is 0.193 e. The maximum Gasteiger partial charge on any atom is 0.193 e. The molecule has 1 atom stereocenters. The molecule has 18 heavy (non-hydrogen) atoms. The number of ether oxygens (including phenoxy) is 1. The first-order valence-corrected chi connectivity index (χ1v) is 6.64. The molecule has 0 radical (unpaired) electrons. The fourth-order valence-corrected chi connectivity index (χ4v) is 2.11. The van der Waals surface area contributed by atoms with E-state index in [9.17, 15) is 4.79 Å². The number of hydrogen-bond donors (Lipinski definition) is 0. The van der Waals surface area contributed by atoms with Gasteiger partial charge >= 0.3 is 0 Å². The van der Waals surface area contributed by atoms with Crippen LogP contribution in [0.3, 0.4) is 0 Å². The standard InChI is InChI=1S/C14H18Cl2O2/c1-5-18-13(14(2,3)4)12(17)9-7-6-8-10(15)11(9)16/h6-8,13H,5H2,1-4H3. The number of halogens is 2. The lowest BCUT2D eigenvalue weighted by molar-refractivity contribution is -0.000208. The van der Waals surface area contributed by atoms with E-state index in [1.807, 2.05) is 27.7 Å². The molecule has 100 valence electrons. The van der Waals surface area contributed by atoms with Crippen molar-refractivity contribution in [3.63, 3.8) is 0 Å². The second-order valence-corrected chi connectivity index (χ2v) is 5.95. The van der Waals surface area contributed by atoms with Crippen LogP contribution in [0.2, 0.25) is 10.0 Å². The van der Waals surface area contributed by atoms with Crippen molar-refractivity contribution in [2.24, 2.45) is 5.41 Å². The van der Waals surface area contributed by atoms with Gasteiger partial charge in [0.2, 0.25) is 0 Å². The maximum atomic E-state index is 12.5. The second kappa shape index (κ2) is 6.05. The van der Waals surface area contributed by atoms with Gasteiger partial charge < -0.3 is 4.74 Å². The van der Waals surface area contributed by atoms with Crippen molar-refractivity contribution < 1.29 is 9.53 Å². The molecule has 0 N–H and O–H groups in total. The van der Waals surface area contributed by atoms with E-state index in [-0.39, 0.29) is 16.2 Å². The average Bonchev–Trinajstić information content (AvgIpc) is 2.27. The van der Waals surface area contributed by atoms with E-state index in [0.29, 0.717) is 17.2 Å². The van der Waals surface area contributed by atoms with Crippen LogP contribution in [0.5, 0.6) is 0 Å². The number of ketones is 1. The number of hydrogen-bond acceptors (Lipinski definition) is 2. The summed E-state index contributed by atoms with van der Waals surface area (Å²) < 4.78 is 5.57. The molecule has 0 saturated heterocycles. The van der Waals surface area contributed by atoms with Crippen LogP contribution in [0.25, 0.3) is 0 Å². The third-order valence-corrected chi connectivity index (χ3v) is 3.39. The summed E-state index contributed by atoms with van der Waals surface area (Å²) in [5, 5.41) is 0.671. The molecule has 0 spiro atoms. The number of benzene rings is 1. The lowest BCUT2D eigenvalue weighted by Gasteiger charge is -2.29. The van der Waals surface area contributed by atoms with E-state index in [1.54, 1.807) is 18.2 Å². The van der Waals surface area contributed by atoms with Crippen LogP contribution in [0, 0.1) is 5.41 Å². The summed E-state index contributed by atoms with van der Waals surface area (Å²) in [6, 6.07) is 5.05. The molecule has 1 rings (SSSR count). The fourth-order valence-electron chi connectivity index (χ4n) is 1.72. The van der Waals surface area contributed by atoms with Crippen LogP contribution in [-0.2, 0) is 4.74 Å². The average molecular weight is 289 g/mol. The summed E-state index contributed by atoms with van der Waals surface area (Å²) in [7, 11) is 0. The van der Waals surface area contributed by atoms with Crippen molar-refractivity contribution in [1.82, 2.24) is 0 Å². The largest absolute Gasteiger partial charge is 0.370 e. The Bertz CT molecular complexity index is 436. The molecule has 0 heterocycles. The molecule has 2 nitrogen and oxygen atoms in total. The first-order valence-electron chi connectivity index (χ1n) is 5.88. The van der Waals surface area contributed by atoms with E-state index in [0.717, 1.165) is 0 Å². The number of rotatable bonds is 4. The van der Waals surface area contributed by atoms with Gasteiger partial charge in [0.25, 0.3) is 0 Å². The molecule has 1 aromatic rings. The molecule has 4 heteroatoms. The Hall–Kier alpha value is -0.570. The summed E-state index contributed by atoms with van der Waals surface area (Å²) in [5.41, 5.74) is 0.121. The van der Waals surface area contributed by atoms with Crippen LogP contribution in [0.15, 0.2) is 18.2 Å². The number of Topliss-reactive ketones (excluding diaryl/α,β-unsaturated/α-hetero) is 1. The highest BCUT2D eigenvalue weighted by molar-refractivity contribution is 6.44. The molecular weight excluding hydrogens is 271 g/mol. The zero-order chi connectivity index (χ0) is 13.9. The predicted octanol–water partition coefficient (Wildman–Crippen LogP) is 4.63. The minimum Gasteiger partial charge on any atom is -0.370 e. The van der Waals surface area contributed by atoms with Crippen LogP contribution >= 0.6 is 23.2 Å². The van der Waals surface area contributed by atoms with Gasteiger partial charge in [-0.05, 0) is 24.5 Å². The highest BCUT2D eigenvalue weighted by Gasteiger charge is 2.33. The van der Waals surface area contributed by atoms with E-state index in [1.165, 1.54) is 0 Å². The van der Waals surface area contributed by atoms with Crippen molar-refractivity contribution in [2.45, 2.75) is 33.8 Å². The van der Waals surface area contributed by atoms with Crippen LogP contribution in [0.1, 0.15) is 38.1 Å². The zero-order valence-corrected chi connectivity index (χ0v) is 12.6. The maximum absolute atomic E-state index is 12.5. The lowest BCUT2D eigenvalue weighted by Crippen LogP contribution is -2.37. The molecule has 1 unspecified atom stereocenters. The second-order valence-electron chi connectivity index (χ2n) is 5.17. The van der Waals surface area contributed by atoms with Gasteiger partial charge in [0.1, 0.15) is 6.10 Å². The Balaban J connectivity index is 3.14. The Morgan fingerprint density at radius 3 is 2.44 bits per heavy atom. The summed E-state index contributed by atoms with van der Waals surface area (Å²) in [6.07, 6.45) is -0.529. The molecule has 0 bridgehead atoms. The molecule has 0 aliphatic rings. The van der Waals surface area contributed by atoms with Gasteiger partial charge in [0.15, 0.2) is 5.78 Å². The Morgan fingerprint density at radius 1 is 1.33 bits per heavy atom. The van der Waals surface area contributed by atoms with Crippen molar-refractivity contribution in [2.75, 3.05) is 6.61 Å². The van der Waals surface area contributed by atoms with Crippen LogP contribution < -0.4 is 0 Å². The first kappa shape index (κ1) is 15.5. The molecule has 1 aromatic carbocycles. The molecule has 0 fully saturated rings. The lowest BCUT2D eigenvalue weighted by atomic mass is 9.84.